The molecule has 49 heavy (non-hydrogen) atoms. The second-order valence-corrected chi connectivity index (χ2v) is 14.8. The Morgan fingerprint density at radius 1 is 0.837 bits per heavy atom. The third-order valence-electron chi connectivity index (χ3n) is 8.26. The molecule has 0 aliphatic carbocycles. The van der Waals surface area contributed by atoms with E-state index >= 15 is 0 Å². The first-order valence-electron chi connectivity index (χ1n) is 15.9. The van der Waals surface area contributed by atoms with E-state index in [1.807, 2.05) is 126 Å². The minimum Gasteiger partial charge on any atom is -0.748 e. The van der Waals surface area contributed by atoms with Gasteiger partial charge in [0, 0.05) is 30.9 Å². The highest BCUT2D eigenvalue weighted by Crippen LogP contribution is 2.42. The Hall–Kier alpha value is -4.75. The molecule has 0 saturated heterocycles. The van der Waals surface area contributed by atoms with Crippen molar-refractivity contribution in [2.24, 2.45) is 0 Å². The molecule has 0 saturated carbocycles. The van der Waals surface area contributed by atoms with Gasteiger partial charge in [-0.2, -0.15) is 13.0 Å². The first-order valence-corrected chi connectivity index (χ1v) is 19.1. The minimum atomic E-state index is -4.40. The summed E-state index contributed by atoms with van der Waals surface area (Å²) < 4.78 is 81.3. The van der Waals surface area contributed by atoms with E-state index in [4.69, 9.17) is 9.15 Å². The van der Waals surface area contributed by atoms with Gasteiger partial charge in [-0.25, -0.2) is 8.42 Å². The number of aromatic nitrogens is 1. The van der Waals surface area contributed by atoms with Gasteiger partial charge in [0.1, 0.15) is 0 Å². The van der Waals surface area contributed by atoms with E-state index in [-0.39, 0.29) is 25.9 Å². The fourth-order valence-corrected chi connectivity index (χ4v) is 6.84. The summed E-state index contributed by atoms with van der Waals surface area (Å²) in [5.74, 6) is 0.657. The molecular formula is C37H36N2O8S2. The first-order chi connectivity index (χ1) is 23.5. The van der Waals surface area contributed by atoms with E-state index in [9.17, 15) is 25.9 Å². The molecule has 0 atom stereocenters. The lowest BCUT2D eigenvalue weighted by Crippen LogP contribution is -2.36. The number of nitrogens with zero attached hydrogens (tertiary/aromatic N) is 2. The molecule has 6 rings (SSSR count). The molecule has 0 bridgehead atoms. The van der Waals surface area contributed by atoms with E-state index in [2.05, 4.69) is 0 Å². The number of anilines is 1. The van der Waals surface area contributed by atoms with E-state index in [0.717, 1.165) is 39.0 Å². The van der Waals surface area contributed by atoms with Gasteiger partial charge in [-0.05, 0) is 58.9 Å². The van der Waals surface area contributed by atoms with Crippen LogP contribution in [0.5, 0.6) is 5.75 Å². The zero-order chi connectivity index (χ0) is 34.6. The Balaban J connectivity index is 1.39. The van der Waals surface area contributed by atoms with Crippen molar-refractivity contribution in [3.63, 3.8) is 0 Å². The molecule has 10 nitrogen and oxygen atoms in total. The molecule has 2 heterocycles. The van der Waals surface area contributed by atoms with Gasteiger partial charge in [-0.15, -0.1) is 0 Å². The third-order valence-corrected chi connectivity index (χ3v) is 9.85. The molecule has 0 unspecified atom stereocenters. The summed E-state index contributed by atoms with van der Waals surface area (Å²) in [6, 6.07) is 31.4. The molecule has 1 N–H and O–H groups in total. The van der Waals surface area contributed by atoms with Crippen LogP contribution < -0.4 is 14.2 Å². The van der Waals surface area contributed by atoms with Crippen LogP contribution in [0.4, 0.5) is 5.69 Å². The Bertz CT molecular complexity index is 2250. The maximum atomic E-state index is 11.6. The normalized spacial score (nSPS) is 14.4. The topological polar surface area (TPSA) is 141 Å². The standard InChI is InChI=1S/C37H36N2O8S2/c1-2-27(23-36-38(19-9-21-48(40,41)42)32-25-30(15-17-34(32)46-36)28-11-5-3-6-12-28)24-37-39(20-10-22-49(43,44)45)33-26-31(16-18-35(33)47-37)29-13-7-4-8-14-29/h3-8,11-18,23-26H,2,9-10,19-22H2,1H3,(H-,40,41,42,43,44,45). The highest BCUT2D eigenvalue weighted by molar-refractivity contribution is 7.85. The molecule has 1 aliphatic rings. The smallest absolute Gasteiger partial charge is 0.374 e. The number of hydrogen-bond acceptors (Lipinski definition) is 8. The monoisotopic (exact) mass is 700 g/mol. The lowest BCUT2D eigenvalue weighted by molar-refractivity contribution is -0.677. The molecule has 254 valence electrons. The highest BCUT2D eigenvalue weighted by Gasteiger charge is 2.28. The summed E-state index contributed by atoms with van der Waals surface area (Å²) in [4.78, 5) is 1.90. The molecule has 1 aromatic heterocycles. The number of benzene rings is 4. The highest BCUT2D eigenvalue weighted by atomic mass is 32.2. The van der Waals surface area contributed by atoms with Gasteiger partial charge in [0.05, 0.1) is 27.6 Å². The summed E-state index contributed by atoms with van der Waals surface area (Å²) in [7, 11) is -8.56. The summed E-state index contributed by atoms with van der Waals surface area (Å²) in [5.41, 5.74) is 6.89. The number of rotatable bonds is 13. The maximum Gasteiger partial charge on any atom is 0.374 e. The van der Waals surface area contributed by atoms with E-state index < -0.39 is 31.7 Å². The van der Waals surface area contributed by atoms with Gasteiger partial charge in [0.2, 0.25) is 11.5 Å². The van der Waals surface area contributed by atoms with Crippen molar-refractivity contribution in [2.45, 2.75) is 32.7 Å². The molecule has 0 amide bonds. The van der Waals surface area contributed by atoms with Crippen LogP contribution in [0.15, 0.2) is 119 Å². The van der Waals surface area contributed by atoms with Crippen LogP contribution in [0.3, 0.4) is 0 Å². The van der Waals surface area contributed by atoms with Crippen molar-refractivity contribution >= 4 is 43.1 Å². The summed E-state index contributed by atoms with van der Waals surface area (Å²) >= 11 is 0. The fourth-order valence-electron chi connectivity index (χ4n) is 5.87. The van der Waals surface area contributed by atoms with Crippen molar-refractivity contribution in [1.29, 1.82) is 0 Å². The maximum absolute atomic E-state index is 11.6. The number of aryl methyl sites for hydroxylation is 1. The summed E-state index contributed by atoms with van der Waals surface area (Å²) in [5, 5.41) is 0. The van der Waals surface area contributed by atoms with Crippen LogP contribution in [0.25, 0.3) is 39.4 Å². The Labute approximate surface area is 286 Å². The lowest BCUT2D eigenvalue weighted by atomic mass is 10.0. The lowest BCUT2D eigenvalue weighted by Gasteiger charge is -2.19. The van der Waals surface area contributed by atoms with Gasteiger partial charge < -0.3 is 18.6 Å². The van der Waals surface area contributed by atoms with Crippen molar-refractivity contribution in [3.8, 4) is 28.0 Å². The van der Waals surface area contributed by atoms with E-state index in [1.165, 1.54) is 0 Å². The van der Waals surface area contributed by atoms with Gasteiger partial charge in [0.25, 0.3) is 15.6 Å². The number of hydrogen-bond donors (Lipinski definition) is 1. The fraction of sp³-hybridized carbons (Fsp3) is 0.216. The molecule has 1 aliphatic heterocycles. The predicted octanol–water partition coefficient (Wildman–Crippen LogP) is 6.80. The molecule has 0 spiro atoms. The van der Waals surface area contributed by atoms with Crippen LogP contribution >= 0.6 is 0 Å². The molecule has 0 radical (unpaired) electrons. The predicted molar refractivity (Wildman–Crippen MR) is 188 cm³/mol. The van der Waals surface area contributed by atoms with Crippen LogP contribution in [0, 0.1) is 0 Å². The molecule has 12 heteroatoms. The quantitative estimate of drug-likeness (QED) is 0.104. The second-order valence-electron chi connectivity index (χ2n) is 11.8. The minimum absolute atomic E-state index is 0.105. The zero-order valence-corrected chi connectivity index (χ0v) is 28.5. The van der Waals surface area contributed by atoms with E-state index in [0.29, 0.717) is 29.5 Å². The Morgan fingerprint density at radius 2 is 1.49 bits per heavy atom. The van der Waals surface area contributed by atoms with Gasteiger partial charge in [-0.1, -0.05) is 79.7 Å². The van der Waals surface area contributed by atoms with Crippen LogP contribution in [-0.4, -0.2) is 44.0 Å². The molecule has 0 fully saturated rings. The molecular weight excluding hydrogens is 665 g/mol. The average Bonchev–Trinajstić information content (AvgIpc) is 3.60. The van der Waals surface area contributed by atoms with Crippen LogP contribution in [0.2, 0.25) is 0 Å². The number of ether oxygens (including phenoxy) is 1. The second kappa shape index (κ2) is 14.4. The van der Waals surface area contributed by atoms with E-state index in [1.54, 1.807) is 0 Å². The molecule has 5 aromatic rings. The van der Waals surface area contributed by atoms with Gasteiger partial charge in [-0.3, -0.25) is 4.55 Å². The Morgan fingerprint density at radius 3 is 2.12 bits per heavy atom. The van der Waals surface area contributed by atoms with Crippen LogP contribution in [-0.2, 0) is 26.8 Å². The number of allylic oxidation sites excluding steroid dienone is 2. The summed E-state index contributed by atoms with van der Waals surface area (Å²) in [6.07, 6.45) is 4.56. The molecule has 4 aromatic carbocycles. The first kappa shape index (κ1) is 34.1. The SMILES string of the molecule is CCC(/C=C1\Oc2ccc(-c3ccccc3)cc2N1CCCS(=O)(=O)O)=C\c1oc2ccc(-c3ccccc3)cc2[n+]1CCCS(=O)(=O)[O-]. The Kier molecular flexibility index (Phi) is 10.0. The van der Waals surface area contributed by atoms with Gasteiger partial charge in [0.15, 0.2) is 12.3 Å². The largest absolute Gasteiger partial charge is 0.748 e. The van der Waals surface area contributed by atoms with Crippen LogP contribution in [0.1, 0.15) is 32.1 Å². The number of fused-ring (bicyclic) bond motifs is 2. The van der Waals surface area contributed by atoms with Crippen molar-refractivity contribution in [3.05, 3.63) is 120 Å². The average molecular weight is 701 g/mol. The van der Waals surface area contributed by atoms with Crippen molar-refractivity contribution in [1.82, 2.24) is 0 Å². The summed E-state index contributed by atoms with van der Waals surface area (Å²) in [6.45, 7) is 2.48. The third kappa shape index (κ3) is 8.46. The van der Waals surface area contributed by atoms with Crippen molar-refractivity contribution < 1.29 is 39.7 Å². The van der Waals surface area contributed by atoms with Gasteiger partial charge >= 0.3 is 5.89 Å². The zero-order valence-electron chi connectivity index (χ0n) is 26.9. The number of oxazole rings is 1. The van der Waals surface area contributed by atoms with Crippen molar-refractivity contribution in [2.75, 3.05) is 23.0 Å².